The van der Waals surface area contributed by atoms with Crippen molar-refractivity contribution in [3.05, 3.63) is 63.0 Å². The molecule has 2 radical (unpaired) electrons. The molecular weight excluding hydrogens is 320 g/mol. The molecule has 0 unspecified atom stereocenters. The maximum Gasteiger partial charge on any atom is 0 e. The molecule has 21 heavy (non-hydrogen) atoms. The quantitative estimate of drug-likeness (QED) is 0.478. The van der Waals surface area contributed by atoms with Crippen molar-refractivity contribution in [2.45, 2.75) is 6.92 Å². The van der Waals surface area contributed by atoms with Crippen LogP contribution < -0.4 is 4.74 Å². The summed E-state index contributed by atoms with van der Waals surface area (Å²) in [6, 6.07) is 7.55. The summed E-state index contributed by atoms with van der Waals surface area (Å²) < 4.78 is 40.0. The smallest absolute Gasteiger partial charge is 0 e. The van der Waals surface area contributed by atoms with E-state index in [0.29, 0.717) is 6.61 Å². The first-order valence-corrected chi connectivity index (χ1v) is 4.70. The van der Waals surface area contributed by atoms with E-state index in [-0.39, 0.29) is 17.1 Å². The number of hydrogen-bond donors (Lipinski definition) is 0. The van der Waals surface area contributed by atoms with Crippen molar-refractivity contribution < 1.29 is 45.2 Å². The van der Waals surface area contributed by atoms with Gasteiger partial charge in [-0.1, -0.05) is 12.1 Å². The molecule has 0 aliphatic carbocycles. The van der Waals surface area contributed by atoms with Crippen LogP contribution in [0.5, 0.6) is 5.75 Å². The summed E-state index contributed by atoms with van der Waals surface area (Å²) >= 11 is 0. The van der Waals surface area contributed by atoms with E-state index in [2.05, 4.69) is 33.2 Å². The van der Waals surface area contributed by atoms with Gasteiger partial charge >= 0.3 is 45.2 Å². The molecule has 1 aromatic carbocycles. The van der Waals surface area contributed by atoms with Crippen LogP contribution in [0.4, 0.5) is 0 Å². The monoisotopic (exact) mass is 332 g/mol. The topological polar surface area (TPSA) is 98.1 Å². The van der Waals surface area contributed by atoms with E-state index in [9.17, 15) is 0 Å². The summed E-state index contributed by atoms with van der Waals surface area (Å²) in [6.07, 6.45) is 0. The minimum atomic E-state index is 0. The summed E-state index contributed by atoms with van der Waals surface area (Å²) in [6.45, 7) is 23.4. The predicted molar refractivity (Wildman–Crippen MR) is 62.7 cm³/mol. The molecule has 0 aromatic heterocycles. The normalized spacial score (nSPS) is 6.00. The molecule has 0 N–H and O–H groups in total. The van der Waals surface area contributed by atoms with Crippen molar-refractivity contribution in [3.8, 4) is 5.75 Å². The van der Waals surface area contributed by atoms with Crippen LogP contribution in [0.25, 0.3) is 0 Å². The van der Waals surface area contributed by atoms with Crippen LogP contribution >= 0.6 is 0 Å². The second-order valence-corrected chi connectivity index (χ2v) is 2.26. The molecule has 6 nitrogen and oxygen atoms in total. The van der Waals surface area contributed by atoms with Gasteiger partial charge < -0.3 is 9.47 Å². The average molecular weight is 332 g/mol. The molecule has 0 saturated carbocycles. The fraction of sp³-hybridized carbons (Fsp3) is 0.214. The van der Waals surface area contributed by atoms with Crippen molar-refractivity contribution in [2.24, 2.45) is 0 Å². The molecule has 7 heteroatoms. The summed E-state index contributed by atoms with van der Waals surface area (Å²) in [5.74, 6) is 0.844. The average Bonchev–Trinajstić information content (AvgIpc) is 2.60. The molecule has 1 rings (SSSR count). The molecule has 1 aromatic rings. The fourth-order valence-electron chi connectivity index (χ4n) is 0.815. The Morgan fingerprint density at radius 2 is 1.29 bits per heavy atom. The third-order valence-electron chi connectivity index (χ3n) is 1.42. The molecule has 0 bridgehead atoms. The van der Waals surface area contributed by atoms with E-state index >= 15 is 0 Å². The Hall–Kier alpha value is -1.54. The van der Waals surface area contributed by atoms with Gasteiger partial charge in [0.05, 0.1) is 7.11 Å². The van der Waals surface area contributed by atoms with Gasteiger partial charge in [0.25, 0.3) is 0 Å². The molecule has 0 spiro atoms. The molecule has 0 aliphatic heterocycles. The second-order valence-electron chi connectivity index (χ2n) is 2.26. The number of rotatable bonds is 4. The van der Waals surface area contributed by atoms with E-state index in [1.807, 2.05) is 31.2 Å². The van der Waals surface area contributed by atoms with E-state index in [1.165, 1.54) is 0 Å². The molecule has 0 fully saturated rings. The first-order chi connectivity index (χ1) is 9.86. The Kier molecular flexibility index (Phi) is 54.7. The van der Waals surface area contributed by atoms with Gasteiger partial charge in [-0.3, -0.25) is 0 Å². The van der Waals surface area contributed by atoms with Crippen LogP contribution in [0.3, 0.4) is 0 Å². The van der Waals surface area contributed by atoms with Crippen LogP contribution in [-0.2, 0) is 40.4 Å². The Balaban J connectivity index is -0.0000000823. The second kappa shape index (κ2) is 36.2. The minimum Gasteiger partial charge on any atom is 0 e. The Morgan fingerprint density at radius 1 is 0.905 bits per heavy atom. The van der Waals surface area contributed by atoms with E-state index < -0.39 is 0 Å². The molecule has 0 heterocycles. The number of benzene rings is 1. The van der Waals surface area contributed by atoms with Gasteiger partial charge in [0, 0.05) is 23.7 Å². The standard InChI is InChI=1S/C10H12O2.4CO.Fe/c1-3-12-8-9-4-6-10(11-2)7-5-9;4*1-2;/h4-7H,3H2,1-2H3;;;;;. The predicted octanol–water partition coefficient (Wildman–Crippen LogP) is 1.97. The van der Waals surface area contributed by atoms with Gasteiger partial charge in [0.1, 0.15) is 5.75 Å². The van der Waals surface area contributed by atoms with Crippen molar-refractivity contribution in [2.75, 3.05) is 13.7 Å². The Labute approximate surface area is 135 Å². The van der Waals surface area contributed by atoms with E-state index in [4.69, 9.17) is 28.1 Å². The molecule has 0 saturated heterocycles. The first-order valence-electron chi connectivity index (χ1n) is 4.70. The largest absolute Gasteiger partial charge is 0 e. The van der Waals surface area contributed by atoms with E-state index in [0.717, 1.165) is 11.3 Å². The van der Waals surface area contributed by atoms with Crippen molar-refractivity contribution in [1.29, 1.82) is 0 Å². The third kappa shape index (κ3) is 23.9. The first kappa shape index (κ1) is 31.7. The van der Waals surface area contributed by atoms with Crippen LogP contribution in [0.2, 0.25) is 0 Å². The summed E-state index contributed by atoms with van der Waals surface area (Å²) in [4.78, 5) is 0. The zero-order valence-electron chi connectivity index (χ0n) is 11.3. The van der Waals surface area contributed by atoms with Crippen LogP contribution in [0.15, 0.2) is 24.3 Å². The number of methoxy groups -OCH3 is 1. The van der Waals surface area contributed by atoms with Crippen molar-refractivity contribution in [1.82, 2.24) is 0 Å². The fourth-order valence-corrected chi connectivity index (χ4v) is 0.815. The molecular formula is C14H12FeO6. The van der Waals surface area contributed by atoms with E-state index in [1.54, 1.807) is 7.11 Å². The van der Waals surface area contributed by atoms with Crippen molar-refractivity contribution in [3.63, 3.8) is 0 Å². The zero-order chi connectivity index (χ0) is 16.8. The van der Waals surface area contributed by atoms with Crippen LogP contribution in [-0.4, -0.2) is 13.7 Å². The molecule has 0 amide bonds. The SMILES string of the molecule is CCO[C]c1ccc(OC)cc1.[C-]#[O+].[C-]#[O+].[C-]#[O+].[C-]#[O+].[Fe]. The third-order valence-corrected chi connectivity index (χ3v) is 1.42. The Morgan fingerprint density at radius 3 is 1.57 bits per heavy atom. The summed E-state index contributed by atoms with van der Waals surface area (Å²) in [7, 11) is 1.64. The van der Waals surface area contributed by atoms with Gasteiger partial charge in [-0.15, -0.1) is 0 Å². The molecule has 112 valence electrons. The van der Waals surface area contributed by atoms with Gasteiger partial charge in [-0.25, -0.2) is 0 Å². The number of hydrogen-bond acceptors (Lipinski definition) is 2. The molecule has 0 aliphatic rings. The zero-order valence-corrected chi connectivity index (χ0v) is 12.4. The van der Waals surface area contributed by atoms with Gasteiger partial charge in [0.15, 0.2) is 6.61 Å². The van der Waals surface area contributed by atoms with Gasteiger partial charge in [0.2, 0.25) is 0 Å². The summed E-state index contributed by atoms with van der Waals surface area (Å²) in [5.41, 5.74) is 0.928. The van der Waals surface area contributed by atoms with Gasteiger partial charge in [-0.05, 0) is 24.6 Å². The maximum absolute atomic E-state index is 7.50. The van der Waals surface area contributed by atoms with Gasteiger partial charge in [-0.2, -0.15) is 0 Å². The minimum absolute atomic E-state index is 0. The van der Waals surface area contributed by atoms with Crippen LogP contribution in [0.1, 0.15) is 12.5 Å². The number of ether oxygens (including phenoxy) is 2. The Bertz CT molecular complexity index is 343. The summed E-state index contributed by atoms with van der Waals surface area (Å²) in [5, 5.41) is 0. The molecule has 0 atom stereocenters. The van der Waals surface area contributed by atoms with Crippen LogP contribution in [0, 0.1) is 33.2 Å². The maximum atomic E-state index is 7.50. The van der Waals surface area contributed by atoms with Crippen molar-refractivity contribution >= 4 is 0 Å².